The van der Waals surface area contributed by atoms with Gasteiger partial charge in [0, 0.05) is 37.9 Å². The highest BCUT2D eigenvalue weighted by atomic mass is 32.2. The Labute approximate surface area is 226 Å². The number of amides is 3. The Kier molecular flexibility index (Phi) is 9.27. The fraction of sp³-hybridized carbons (Fsp3) is 0.579. The minimum absolute atomic E-state index is 0.0487. The molecule has 18 nitrogen and oxygen atoms in total. The van der Waals surface area contributed by atoms with Crippen molar-refractivity contribution in [2.45, 2.75) is 30.5 Å². The fourth-order valence-electron chi connectivity index (χ4n) is 3.50. The molecule has 2 atom stereocenters. The summed E-state index contributed by atoms with van der Waals surface area (Å²) in [7, 11) is -3.10. The Morgan fingerprint density at radius 2 is 2.08 bits per heavy atom. The topological polar surface area (TPSA) is 269 Å². The van der Waals surface area contributed by atoms with E-state index >= 15 is 0 Å². The molecule has 0 radical (unpaired) electrons. The van der Waals surface area contributed by atoms with E-state index in [9.17, 15) is 37.3 Å². The molecule has 2 unspecified atom stereocenters. The van der Waals surface area contributed by atoms with Crippen LogP contribution in [-0.4, -0.2) is 119 Å². The molecule has 8 N–H and O–H groups in total. The minimum atomic E-state index is -4.99. The SMILES string of the molecule is CNCCN.Nc1nc(/C(=N/OC2(C(=O)O)CC2)C(=O)NC2C(=O)N(S(=O)(=O)O)C2CN2CCOC2=O)cs1. The summed E-state index contributed by atoms with van der Waals surface area (Å²) >= 11 is 0.959. The molecule has 1 aromatic rings. The first-order chi connectivity index (χ1) is 18.3. The lowest BCUT2D eigenvalue weighted by atomic mass is 9.97. The number of hydrogen-bond donors (Lipinski definition) is 6. The van der Waals surface area contributed by atoms with Crippen molar-refractivity contribution in [2.75, 3.05) is 45.6 Å². The first kappa shape index (κ1) is 30.0. The maximum atomic E-state index is 13.0. The summed E-state index contributed by atoms with van der Waals surface area (Å²) in [6.07, 6.45) is -0.423. The molecule has 0 aromatic carbocycles. The van der Waals surface area contributed by atoms with Gasteiger partial charge < -0.3 is 41.7 Å². The van der Waals surface area contributed by atoms with Crippen LogP contribution in [-0.2, 0) is 34.3 Å². The van der Waals surface area contributed by atoms with E-state index in [4.69, 9.17) is 21.0 Å². The van der Waals surface area contributed by atoms with Crippen LogP contribution in [0.1, 0.15) is 18.5 Å². The number of rotatable bonds is 11. The van der Waals surface area contributed by atoms with Gasteiger partial charge in [0.05, 0.1) is 12.6 Å². The van der Waals surface area contributed by atoms with Gasteiger partial charge in [-0.25, -0.2) is 18.9 Å². The average molecular weight is 593 g/mol. The van der Waals surface area contributed by atoms with Gasteiger partial charge in [-0.3, -0.25) is 14.1 Å². The molecule has 2 aliphatic heterocycles. The summed E-state index contributed by atoms with van der Waals surface area (Å²) in [6, 6.07) is -2.81. The Morgan fingerprint density at radius 1 is 1.38 bits per heavy atom. The largest absolute Gasteiger partial charge is 0.478 e. The lowest BCUT2D eigenvalue weighted by Crippen LogP contribution is -2.74. The molecule has 3 aliphatic rings. The summed E-state index contributed by atoms with van der Waals surface area (Å²) in [5.74, 6) is -3.48. The maximum absolute atomic E-state index is 13.0. The number of β-lactam (4-membered cyclic amide) rings is 1. The summed E-state index contributed by atoms with van der Waals surface area (Å²) < 4.78 is 37.6. The molecule has 1 aliphatic carbocycles. The van der Waals surface area contributed by atoms with Gasteiger partial charge in [-0.1, -0.05) is 5.16 Å². The third kappa shape index (κ3) is 6.89. The van der Waals surface area contributed by atoms with Crippen molar-refractivity contribution >= 4 is 56.4 Å². The van der Waals surface area contributed by atoms with Crippen molar-refractivity contribution in [2.24, 2.45) is 10.9 Å². The van der Waals surface area contributed by atoms with E-state index < -0.39 is 57.6 Å². The van der Waals surface area contributed by atoms with Gasteiger partial charge in [0.1, 0.15) is 18.3 Å². The average Bonchev–Trinajstić information content (AvgIpc) is 3.37. The Bertz CT molecular complexity index is 1250. The van der Waals surface area contributed by atoms with Crippen LogP contribution in [0.4, 0.5) is 9.93 Å². The number of ether oxygens (including phenoxy) is 1. The van der Waals surface area contributed by atoms with Gasteiger partial charge in [-0.15, -0.1) is 11.3 Å². The smallest absolute Gasteiger partial charge is 0.410 e. The number of carboxylic acids is 1. The second kappa shape index (κ2) is 12.1. The van der Waals surface area contributed by atoms with E-state index in [1.807, 2.05) is 7.05 Å². The number of likely N-dealkylation sites (N-methyl/N-ethyl adjacent to an activating group) is 1. The Morgan fingerprint density at radius 3 is 2.51 bits per heavy atom. The summed E-state index contributed by atoms with van der Waals surface area (Å²) in [6.45, 7) is 1.45. The van der Waals surface area contributed by atoms with Crippen LogP contribution >= 0.6 is 11.3 Å². The van der Waals surface area contributed by atoms with E-state index in [0.717, 1.165) is 29.3 Å². The number of nitrogen functional groups attached to an aromatic ring is 1. The zero-order chi connectivity index (χ0) is 29.0. The molecular formula is C19H28N8O10S2. The molecular weight excluding hydrogens is 564 g/mol. The fourth-order valence-corrected chi connectivity index (χ4v) is 4.92. The van der Waals surface area contributed by atoms with Gasteiger partial charge in [0.15, 0.2) is 10.8 Å². The molecule has 216 valence electrons. The molecule has 3 fully saturated rings. The lowest BCUT2D eigenvalue weighted by molar-refractivity contribution is -0.153. The second-order valence-electron chi connectivity index (χ2n) is 8.48. The number of carboxylic acid groups (broad SMARTS) is 1. The summed E-state index contributed by atoms with van der Waals surface area (Å²) in [5.41, 5.74) is 8.51. The van der Waals surface area contributed by atoms with Crippen LogP contribution in [0.5, 0.6) is 0 Å². The van der Waals surface area contributed by atoms with Gasteiger partial charge in [-0.2, -0.15) is 8.42 Å². The first-order valence-electron chi connectivity index (χ1n) is 11.4. The normalized spacial score (nSPS) is 21.9. The van der Waals surface area contributed by atoms with Crippen LogP contribution in [0.25, 0.3) is 0 Å². The number of carbonyl (C=O) groups excluding carboxylic acids is 3. The van der Waals surface area contributed by atoms with Crippen molar-refractivity contribution in [3.8, 4) is 0 Å². The van der Waals surface area contributed by atoms with E-state index in [1.165, 1.54) is 5.38 Å². The molecule has 0 spiro atoms. The predicted octanol–water partition coefficient (Wildman–Crippen LogP) is -2.82. The second-order valence-corrected chi connectivity index (χ2v) is 10.7. The third-order valence-corrected chi connectivity index (χ3v) is 7.36. The van der Waals surface area contributed by atoms with E-state index in [-0.39, 0.29) is 47.7 Å². The zero-order valence-corrected chi connectivity index (χ0v) is 22.2. The van der Waals surface area contributed by atoms with E-state index in [2.05, 4.69) is 20.8 Å². The number of nitrogens with one attached hydrogen (secondary N) is 2. The number of cyclic esters (lactones) is 1. The van der Waals surface area contributed by atoms with E-state index in [1.54, 1.807) is 0 Å². The molecule has 3 heterocycles. The molecule has 39 heavy (non-hydrogen) atoms. The quantitative estimate of drug-likeness (QED) is 0.0655. The summed E-state index contributed by atoms with van der Waals surface area (Å²) in [5, 5.41) is 19.5. The molecule has 4 rings (SSSR count). The molecule has 20 heteroatoms. The van der Waals surface area contributed by atoms with Crippen LogP contribution in [0, 0.1) is 0 Å². The highest BCUT2D eigenvalue weighted by molar-refractivity contribution is 7.84. The Hall–Kier alpha value is -3.59. The number of aliphatic carboxylic acids is 1. The van der Waals surface area contributed by atoms with Crippen LogP contribution in [0.3, 0.4) is 0 Å². The van der Waals surface area contributed by atoms with Crippen molar-refractivity contribution < 1.29 is 46.8 Å². The molecule has 3 amide bonds. The number of carbonyl (C=O) groups is 4. The standard InChI is InChI=1S/C16H18N6O10S2.C3H10N2/c17-14-18-7(6-33-14)9(20-32-16(1-2-16)13(25)26)11(23)19-10-8(5-21-3-4-31-15(21)27)22(12(10)24)34(28,29)30;1-5-3-2-4/h6,8,10H,1-5H2,(H2,17,18)(H,19,23)(H,25,26)(H,28,29,30);5H,2-4H2,1H3/b20-9-;. The maximum Gasteiger partial charge on any atom is 0.410 e. The number of oxime groups is 1. The molecule has 0 bridgehead atoms. The highest BCUT2D eigenvalue weighted by Gasteiger charge is 2.56. The predicted molar refractivity (Wildman–Crippen MR) is 134 cm³/mol. The van der Waals surface area contributed by atoms with Crippen molar-refractivity contribution in [3.63, 3.8) is 0 Å². The van der Waals surface area contributed by atoms with Gasteiger partial charge in [0.2, 0.25) is 5.60 Å². The third-order valence-electron chi connectivity index (χ3n) is 5.74. The highest BCUT2D eigenvalue weighted by Crippen LogP contribution is 2.40. The van der Waals surface area contributed by atoms with Crippen molar-refractivity contribution in [1.29, 1.82) is 0 Å². The molecule has 2 saturated heterocycles. The Balaban J connectivity index is 0.000000771. The van der Waals surface area contributed by atoms with Crippen molar-refractivity contribution in [3.05, 3.63) is 11.1 Å². The summed E-state index contributed by atoms with van der Waals surface area (Å²) in [4.78, 5) is 58.6. The van der Waals surface area contributed by atoms with Gasteiger partial charge in [0.25, 0.3) is 11.8 Å². The number of nitrogens with two attached hydrogens (primary N) is 2. The van der Waals surface area contributed by atoms with Gasteiger partial charge >= 0.3 is 22.4 Å². The van der Waals surface area contributed by atoms with Crippen molar-refractivity contribution in [1.82, 2.24) is 24.8 Å². The van der Waals surface area contributed by atoms with E-state index in [0.29, 0.717) is 0 Å². The number of nitrogens with zero attached hydrogens (tertiary/aromatic N) is 4. The van der Waals surface area contributed by atoms with Crippen LogP contribution in [0.15, 0.2) is 10.5 Å². The van der Waals surface area contributed by atoms with Crippen LogP contribution in [0.2, 0.25) is 0 Å². The zero-order valence-electron chi connectivity index (χ0n) is 20.6. The molecule has 1 aromatic heterocycles. The minimum Gasteiger partial charge on any atom is -0.478 e. The lowest BCUT2D eigenvalue weighted by Gasteiger charge is -2.45. The number of thiazole rings is 1. The number of hydrogen-bond acceptors (Lipinski definition) is 14. The van der Waals surface area contributed by atoms with Gasteiger partial charge in [-0.05, 0) is 7.05 Å². The molecule has 1 saturated carbocycles. The monoisotopic (exact) mass is 592 g/mol. The number of anilines is 1. The first-order valence-corrected chi connectivity index (χ1v) is 13.7. The van der Waals surface area contributed by atoms with Crippen LogP contribution < -0.4 is 22.1 Å². The number of aromatic nitrogens is 1.